The van der Waals surface area contributed by atoms with Crippen molar-refractivity contribution in [3.05, 3.63) is 243 Å². The van der Waals surface area contributed by atoms with Crippen LogP contribution in [0.25, 0.3) is 88.4 Å². The monoisotopic (exact) mass is 951 g/mol. The van der Waals surface area contributed by atoms with Crippen LogP contribution in [0.1, 0.15) is 0 Å². The lowest BCUT2D eigenvalue weighted by molar-refractivity contribution is -0.0500. The van der Waals surface area contributed by atoms with Crippen molar-refractivity contribution in [3.63, 3.8) is 0 Å². The first kappa shape index (κ1) is 43.4. The molecular weight excluding hydrogens is 912 g/mol. The van der Waals surface area contributed by atoms with E-state index in [1.807, 2.05) is 24.3 Å². The zero-order valence-corrected chi connectivity index (χ0v) is 38.5. The topological polar surface area (TPSA) is 56.5 Å². The molecule has 0 saturated heterocycles. The van der Waals surface area contributed by atoms with Crippen molar-refractivity contribution in [1.29, 1.82) is 0 Å². The highest BCUT2D eigenvalue weighted by molar-refractivity contribution is 7.88. The van der Waals surface area contributed by atoms with Gasteiger partial charge < -0.3 is 18.2 Å². The van der Waals surface area contributed by atoms with Crippen LogP contribution in [0.4, 0.5) is 30.2 Å². The summed E-state index contributed by atoms with van der Waals surface area (Å²) in [6, 6.07) is 81.5. The molecule has 12 rings (SSSR count). The molecule has 0 atom stereocenters. The standard InChI is InChI=1S/C61H40F3N3O3S/c62-61(63,64)71(68,69)70-52-39-27-46(28-40-52)45-21-33-49(34-22-45)65(47-29-17-41(18-30-47)43-23-35-50(36-24-43)66-57-13-5-1-9-53(57)54-10-2-6-14-58(54)66)48-31-19-42(20-32-48)44-25-37-51(38-26-44)67-59-15-7-3-11-55(59)56-12-4-8-16-60(56)67/h1-40H. The van der Waals surface area contributed by atoms with Crippen LogP contribution in [0, 0.1) is 0 Å². The van der Waals surface area contributed by atoms with E-state index in [1.165, 1.54) is 45.8 Å². The average Bonchev–Trinajstić information content (AvgIpc) is 3.92. The third-order valence-electron chi connectivity index (χ3n) is 13.1. The Bertz CT molecular complexity index is 3730. The SMILES string of the molecule is O=S(=O)(Oc1ccc(-c2ccc(N(c3ccc(-c4ccc(-n5c6ccccc6c6ccccc65)cc4)cc3)c3ccc(-c4ccc(-n5c6ccccc6c6ccccc65)cc4)cc3)cc2)cc1)C(F)(F)F. The molecule has 12 aromatic rings. The number of hydrogen-bond acceptors (Lipinski definition) is 4. The van der Waals surface area contributed by atoms with Crippen LogP contribution >= 0.6 is 0 Å². The molecule has 0 unspecified atom stereocenters. The fraction of sp³-hybridized carbons (Fsp3) is 0.0164. The van der Waals surface area contributed by atoms with Crippen LogP contribution in [0.5, 0.6) is 5.75 Å². The highest BCUT2D eigenvalue weighted by Gasteiger charge is 2.48. The molecule has 10 aromatic carbocycles. The first-order valence-electron chi connectivity index (χ1n) is 23.0. The summed E-state index contributed by atoms with van der Waals surface area (Å²) in [6.45, 7) is 0. The number of halogens is 3. The highest BCUT2D eigenvalue weighted by atomic mass is 32.2. The fourth-order valence-corrected chi connectivity index (χ4v) is 10.2. The minimum absolute atomic E-state index is 0.432. The number of para-hydroxylation sites is 4. The molecule has 0 amide bonds. The van der Waals surface area contributed by atoms with Crippen LogP contribution in [0.15, 0.2) is 243 Å². The second-order valence-corrected chi connectivity index (χ2v) is 18.9. The molecule has 0 spiro atoms. The van der Waals surface area contributed by atoms with E-state index in [9.17, 15) is 21.6 Å². The van der Waals surface area contributed by atoms with Gasteiger partial charge in [-0.25, -0.2) is 0 Å². The van der Waals surface area contributed by atoms with Gasteiger partial charge in [-0.1, -0.05) is 146 Å². The predicted molar refractivity (Wildman–Crippen MR) is 282 cm³/mol. The Balaban J connectivity index is 0.857. The molecule has 6 nitrogen and oxygen atoms in total. The molecular formula is C61H40F3N3O3S. The van der Waals surface area contributed by atoms with Gasteiger partial charge in [-0.05, 0) is 130 Å². The van der Waals surface area contributed by atoms with Gasteiger partial charge in [-0.15, -0.1) is 0 Å². The maximum absolute atomic E-state index is 13.0. The summed E-state index contributed by atoms with van der Waals surface area (Å²) in [6.07, 6.45) is 0. The molecule has 10 heteroatoms. The van der Waals surface area contributed by atoms with Gasteiger partial charge >= 0.3 is 15.6 Å². The van der Waals surface area contributed by atoms with Gasteiger partial charge in [0.25, 0.3) is 0 Å². The Hall–Kier alpha value is -8.86. The second-order valence-electron chi connectivity index (χ2n) is 17.3. The second kappa shape index (κ2) is 17.3. The van der Waals surface area contributed by atoms with Crippen LogP contribution in [0.3, 0.4) is 0 Å². The van der Waals surface area contributed by atoms with Crippen LogP contribution < -0.4 is 9.08 Å². The van der Waals surface area contributed by atoms with E-state index < -0.39 is 21.4 Å². The van der Waals surface area contributed by atoms with E-state index in [-0.39, 0.29) is 0 Å². The quantitative estimate of drug-likeness (QED) is 0.101. The smallest absolute Gasteiger partial charge is 0.376 e. The van der Waals surface area contributed by atoms with E-state index in [4.69, 9.17) is 0 Å². The maximum atomic E-state index is 13.0. The fourth-order valence-electron chi connectivity index (χ4n) is 9.74. The van der Waals surface area contributed by atoms with Gasteiger partial charge in [0.05, 0.1) is 22.1 Å². The Morgan fingerprint density at radius 3 is 0.873 bits per heavy atom. The lowest BCUT2D eigenvalue weighted by atomic mass is 10.0. The minimum Gasteiger partial charge on any atom is -0.376 e. The molecule has 0 N–H and O–H groups in total. The Morgan fingerprint density at radius 2 is 0.592 bits per heavy atom. The molecule has 0 aliphatic rings. The first-order chi connectivity index (χ1) is 34.6. The minimum atomic E-state index is -5.79. The van der Waals surface area contributed by atoms with E-state index in [0.717, 1.165) is 78.3 Å². The van der Waals surface area contributed by atoms with E-state index in [0.29, 0.717) is 5.56 Å². The Kier molecular flexibility index (Phi) is 10.6. The average molecular weight is 952 g/mol. The largest absolute Gasteiger partial charge is 0.534 e. The molecule has 2 heterocycles. The summed E-state index contributed by atoms with van der Waals surface area (Å²) in [4.78, 5) is 2.17. The van der Waals surface area contributed by atoms with Crippen molar-refractivity contribution in [2.24, 2.45) is 0 Å². The van der Waals surface area contributed by atoms with Gasteiger partial charge in [0.1, 0.15) is 5.75 Å². The molecule has 0 radical (unpaired) electrons. The highest BCUT2D eigenvalue weighted by Crippen LogP contribution is 2.40. The molecule has 71 heavy (non-hydrogen) atoms. The van der Waals surface area contributed by atoms with Crippen LogP contribution in [-0.4, -0.2) is 23.1 Å². The number of hydrogen-bond donors (Lipinski definition) is 0. The van der Waals surface area contributed by atoms with E-state index >= 15 is 0 Å². The maximum Gasteiger partial charge on any atom is 0.534 e. The normalized spacial score (nSPS) is 12.0. The molecule has 0 saturated carbocycles. The number of aromatic nitrogens is 2. The van der Waals surface area contributed by atoms with Crippen molar-refractivity contribution in [2.45, 2.75) is 5.51 Å². The number of benzene rings is 10. The summed E-state index contributed by atoms with van der Waals surface area (Å²) in [5.41, 5.74) is 9.73. The summed E-state index contributed by atoms with van der Waals surface area (Å²) < 4.78 is 71.0. The molecule has 2 aromatic heterocycles. The van der Waals surface area contributed by atoms with Crippen LogP contribution in [0.2, 0.25) is 0 Å². The number of anilines is 3. The zero-order chi connectivity index (χ0) is 48.3. The van der Waals surface area contributed by atoms with E-state index in [1.54, 1.807) is 0 Å². The van der Waals surface area contributed by atoms with Gasteiger partial charge in [0.2, 0.25) is 0 Å². The lowest BCUT2D eigenvalue weighted by Crippen LogP contribution is -2.28. The number of rotatable bonds is 10. The third kappa shape index (κ3) is 7.84. The summed E-state index contributed by atoms with van der Waals surface area (Å²) in [7, 11) is -5.79. The number of nitrogens with zero attached hydrogens (tertiary/aromatic N) is 3. The predicted octanol–water partition coefficient (Wildman–Crippen LogP) is 16.6. The molecule has 0 aliphatic carbocycles. The van der Waals surface area contributed by atoms with Crippen molar-refractivity contribution in [2.75, 3.05) is 4.90 Å². The number of fused-ring (bicyclic) bond motifs is 6. The third-order valence-corrected chi connectivity index (χ3v) is 14.1. The van der Waals surface area contributed by atoms with Gasteiger partial charge in [0.15, 0.2) is 0 Å². The molecule has 344 valence electrons. The molecule has 0 bridgehead atoms. The van der Waals surface area contributed by atoms with Crippen molar-refractivity contribution in [1.82, 2.24) is 9.13 Å². The summed E-state index contributed by atoms with van der Waals surface area (Å²) in [5.74, 6) is -0.432. The van der Waals surface area contributed by atoms with Gasteiger partial charge in [-0.3, -0.25) is 0 Å². The van der Waals surface area contributed by atoms with Crippen molar-refractivity contribution in [3.8, 4) is 50.5 Å². The molecule has 0 fully saturated rings. The summed E-state index contributed by atoms with van der Waals surface area (Å²) in [5, 5.41) is 4.86. The van der Waals surface area contributed by atoms with E-state index in [2.05, 4.69) is 212 Å². The summed E-state index contributed by atoms with van der Waals surface area (Å²) >= 11 is 0. The van der Waals surface area contributed by atoms with Gasteiger partial charge in [-0.2, -0.15) is 21.6 Å². The molecule has 0 aliphatic heterocycles. The van der Waals surface area contributed by atoms with Crippen LogP contribution in [-0.2, 0) is 10.1 Å². The zero-order valence-electron chi connectivity index (χ0n) is 37.7. The Morgan fingerprint density at radius 1 is 0.338 bits per heavy atom. The lowest BCUT2D eigenvalue weighted by Gasteiger charge is -2.26. The first-order valence-corrected chi connectivity index (χ1v) is 24.4. The number of alkyl halides is 3. The van der Waals surface area contributed by atoms with Crippen molar-refractivity contribution < 1.29 is 25.8 Å². The van der Waals surface area contributed by atoms with Gasteiger partial charge in [0, 0.05) is 50.0 Å². The van der Waals surface area contributed by atoms with Crippen molar-refractivity contribution >= 4 is 70.8 Å². The Labute approximate surface area is 407 Å².